The molecule has 0 amide bonds. The van der Waals surface area contributed by atoms with Crippen LogP contribution in [0.15, 0.2) is 36.4 Å². The molecule has 0 saturated carbocycles. The quantitative estimate of drug-likeness (QED) is 0.608. The number of halogens is 1. The molecular weight excluding hydrogens is 336 g/mol. The summed E-state index contributed by atoms with van der Waals surface area (Å²) in [5.74, 6) is -0.169. The molecule has 0 radical (unpaired) electrons. The van der Waals surface area contributed by atoms with E-state index in [9.17, 15) is 9.59 Å². The second-order valence-corrected chi connectivity index (χ2v) is 5.01. The summed E-state index contributed by atoms with van der Waals surface area (Å²) in [4.78, 5) is 23.6. The topological polar surface area (TPSA) is 71.1 Å². The molecule has 6 nitrogen and oxygen atoms in total. The lowest BCUT2D eigenvalue weighted by Crippen LogP contribution is -2.09. The average molecular weight is 351 g/mol. The van der Waals surface area contributed by atoms with Gasteiger partial charge in [-0.25, -0.2) is 9.59 Å². The first-order valence-electron chi connectivity index (χ1n) is 6.82. The lowest BCUT2D eigenvalue weighted by atomic mass is 10.2. The van der Waals surface area contributed by atoms with E-state index in [0.717, 1.165) is 0 Å². The summed E-state index contributed by atoms with van der Waals surface area (Å²) in [7, 11) is 4.18. The van der Waals surface area contributed by atoms with E-state index in [1.165, 1.54) is 57.7 Å². The molecule has 0 aromatic heterocycles. The Kier molecular flexibility index (Phi) is 5.65. The molecule has 7 heteroatoms. The Morgan fingerprint density at radius 3 is 2.08 bits per heavy atom. The van der Waals surface area contributed by atoms with Crippen LogP contribution < -0.4 is 14.2 Å². The predicted molar refractivity (Wildman–Crippen MR) is 87.3 cm³/mol. The van der Waals surface area contributed by atoms with Gasteiger partial charge < -0.3 is 18.9 Å². The Bertz CT molecular complexity index is 754. The van der Waals surface area contributed by atoms with Crippen molar-refractivity contribution in [3.8, 4) is 17.2 Å². The minimum Gasteiger partial charge on any atom is -0.493 e. The molecule has 0 bridgehead atoms. The Balaban J connectivity index is 2.21. The predicted octanol–water partition coefficient (Wildman–Crippen LogP) is 3.36. The van der Waals surface area contributed by atoms with Gasteiger partial charge in [-0.3, -0.25) is 0 Å². The third kappa shape index (κ3) is 3.78. The number of hydrogen-bond acceptors (Lipinski definition) is 6. The Morgan fingerprint density at radius 1 is 0.875 bits per heavy atom. The highest BCUT2D eigenvalue weighted by Crippen LogP contribution is 2.36. The fourth-order valence-corrected chi connectivity index (χ4v) is 2.27. The van der Waals surface area contributed by atoms with Crippen LogP contribution in [0.4, 0.5) is 0 Å². The van der Waals surface area contributed by atoms with Crippen molar-refractivity contribution in [2.45, 2.75) is 0 Å². The molecule has 0 aliphatic rings. The minimum atomic E-state index is -0.622. The first-order valence-corrected chi connectivity index (χ1v) is 7.20. The number of benzene rings is 2. The molecule has 126 valence electrons. The molecule has 2 rings (SSSR count). The van der Waals surface area contributed by atoms with Gasteiger partial charge in [-0.15, -0.1) is 0 Å². The molecule has 0 atom stereocenters. The molecular formula is C17H15ClO6. The van der Waals surface area contributed by atoms with Crippen molar-refractivity contribution in [2.75, 3.05) is 21.3 Å². The molecule has 0 aliphatic heterocycles. The maximum Gasteiger partial charge on any atom is 0.343 e. The van der Waals surface area contributed by atoms with Gasteiger partial charge in [0, 0.05) is 0 Å². The van der Waals surface area contributed by atoms with Gasteiger partial charge >= 0.3 is 11.9 Å². The van der Waals surface area contributed by atoms with Crippen LogP contribution in [0.5, 0.6) is 17.2 Å². The van der Waals surface area contributed by atoms with Gasteiger partial charge in [0.05, 0.1) is 37.5 Å². The number of ether oxygens (including phenoxy) is 4. The lowest BCUT2D eigenvalue weighted by Gasteiger charge is -2.11. The SMILES string of the molecule is COC(=O)c1ccc(OC(=O)c2cc(Cl)c(OC)c(OC)c2)cc1. The minimum absolute atomic E-state index is 0.203. The van der Waals surface area contributed by atoms with E-state index in [4.69, 9.17) is 25.8 Å². The van der Waals surface area contributed by atoms with Crippen LogP contribution in [0.2, 0.25) is 5.02 Å². The van der Waals surface area contributed by atoms with E-state index in [2.05, 4.69) is 4.74 Å². The zero-order valence-corrected chi connectivity index (χ0v) is 14.0. The van der Waals surface area contributed by atoms with Crippen LogP contribution in [-0.4, -0.2) is 33.3 Å². The number of hydrogen-bond donors (Lipinski definition) is 0. The third-order valence-corrected chi connectivity index (χ3v) is 3.44. The van der Waals surface area contributed by atoms with Gasteiger partial charge in [0.25, 0.3) is 0 Å². The maximum atomic E-state index is 12.2. The summed E-state index contributed by atoms with van der Waals surface area (Å²) in [5, 5.41) is 0.227. The first-order chi connectivity index (χ1) is 11.5. The van der Waals surface area contributed by atoms with Crippen LogP contribution in [-0.2, 0) is 4.74 Å². The van der Waals surface area contributed by atoms with Crippen molar-refractivity contribution in [1.82, 2.24) is 0 Å². The summed E-state index contributed by atoms with van der Waals surface area (Å²) >= 11 is 6.07. The van der Waals surface area contributed by atoms with E-state index in [0.29, 0.717) is 17.1 Å². The van der Waals surface area contributed by atoms with Gasteiger partial charge in [0.1, 0.15) is 5.75 Å². The molecule has 0 aliphatic carbocycles. The largest absolute Gasteiger partial charge is 0.493 e. The van der Waals surface area contributed by atoms with Crippen molar-refractivity contribution in [1.29, 1.82) is 0 Å². The molecule has 0 saturated heterocycles. The van der Waals surface area contributed by atoms with E-state index >= 15 is 0 Å². The fraction of sp³-hybridized carbons (Fsp3) is 0.176. The highest BCUT2D eigenvalue weighted by atomic mass is 35.5. The Morgan fingerprint density at radius 2 is 1.54 bits per heavy atom. The number of rotatable bonds is 5. The smallest absolute Gasteiger partial charge is 0.343 e. The van der Waals surface area contributed by atoms with E-state index in [1.807, 2.05) is 0 Å². The normalized spacial score (nSPS) is 10.0. The molecule has 2 aromatic carbocycles. The van der Waals surface area contributed by atoms with Gasteiger partial charge in [-0.05, 0) is 36.4 Å². The van der Waals surface area contributed by atoms with Crippen molar-refractivity contribution in [3.05, 3.63) is 52.5 Å². The van der Waals surface area contributed by atoms with Crippen molar-refractivity contribution in [3.63, 3.8) is 0 Å². The molecule has 0 fully saturated rings. The number of methoxy groups -OCH3 is 3. The van der Waals surface area contributed by atoms with E-state index in [1.54, 1.807) is 0 Å². The Labute approximate surface area is 143 Å². The second-order valence-electron chi connectivity index (χ2n) is 4.60. The average Bonchev–Trinajstić information content (AvgIpc) is 2.60. The standard InChI is InChI=1S/C17H15ClO6/c1-21-14-9-11(8-13(18)15(14)22-2)17(20)24-12-6-4-10(5-7-12)16(19)23-3/h4-9H,1-3H3. The maximum absolute atomic E-state index is 12.2. The molecule has 2 aromatic rings. The van der Waals surface area contributed by atoms with Gasteiger partial charge in [0.2, 0.25) is 0 Å². The molecule has 0 N–H and O–H groups in total. The van der Waals surface area contributed by atoms with Crippen molar-refractivity contribution in [2.24, 2.45) is 0 Å². The van der Waals surface area contributed by atoms with Crippen molar-refractivity contribution < 1.29 is 28.5 Å². The monoisotopic (exact) mass is 350 g/mol. The van der Waals surface area contributed by atoms with Crippen LogP contribution in [0.25, 0.3) is 0 Å². The zero-order valence-electron chi connectivity index (χ0n) is 13.3. The summed E-state index contributed by atoms with van der Waals surface area (Å²) in [6.07, 6.45) is 0. The summed E-state index contributed by atoms with van der Waals surface area (Å²) in [6, 6.07) is 8.87. The van der Waals surface area contributed by atoms with Crippen LogP contribution in [0.3, 0.4) is 0 Å². The first kappa shape index (κ1) is 17.6. The lowest BCUT2D eigenvalue weighted by molar-refractivity contribution is 0.0600. The second kappa shape index (κ2) is 7.70. The van der Waals surface area contributed by atoms with Gasteiger partial charge in [0.15, 0.2) is 11.5 Å². The molecule has 0 unspecified atom stereocenters. The fourth-order valence-electron chi connectivity index (χ4n) is 1.98. The Hall–Kier alpha value is -2.73. The number of carbonyl (C=O) groups is 2. The highest BCUT2D eigenvalue weighted by Gasteiger charge is 2.17. The summed E-state index contributed by atoms with van der Waals surface area (Å²) in [6.45, 7) is 0. The van der Waals surface area contributed by atoms with E-state index in [-0.39, 0.29) is 16.3 Å². The van der Waals surface area contributed by atoms with Crippen LogP contribution in [0.1, 0.15) is 20.7 Å². The van der Waals surface area contributed by atoms with Gasteiger partial charge in [-0.2, -0.15) is 0 Å². The van der Waals surface area contributed by atoms with Crippen LogP contribution in [0, 0.1) is 0 Å². The number of carbonyl (C=O) groups excluding carboxylic acids is 2. The zero-order chi connectivity index (χ0) is 17.7. The highest BCUT2D eigenvalue weighted by molar-refractivity contribution is 6.32. The molecule has 0 spiro atoms. The van der Waals surface area contributed by atoms with E-state index < -0.39 is 11.9 Å². The third-order valence-electron chi connectivity index (χ3n) is 3.16. The van der Waals surface area contributed by atoms with Crippen LogP contribution >= 0.6 is 11.6 Å². The van der Waals surface area contributed by atoms with Crippen molar-refractivity contribution >= 4 is 23.5 Å². The molecule has 0 heterocycles. The molecule has 24 heavy (non-hydrogen) atoms. The summed E-state index contributed by atoms with van der Waals surface area (Å²) < 4.78 is 20.1. The summed E-state index contributed by atoms with van der Waals surface area (Å²) in [5.41, 5.74) is 0.557. The van der Waals surface area contributed by atoms with Gasteiger partial charge in [-0.1, -0.05) is 11.6 Å². The number of esters is 2.